The summed E-state index contributed by atoms with van der Waals surface area (Å²) in [6.45, 7) is 0.118. The minimum absolute atomic E-state index is 0.118. The number of amides is 1. The largest absolute Gasteiger partial charge is 0.351 e. The fourth-order valence-corrected chi connectivity index (χ4v) is 2.36. The van der Waals surface area contributed by atoms with Gasteiger partial charge < -0.3 is 11.1 Å². The highest BCUT2D eigenvalue weighted by molar-refractivity contribution is 9.10. The third kappa shape index (κ3) is 4.65. The minimum atomic E-state index is -0.650. The van der Waals surface area contributed by atoms with E-state index in [1.54, 1.807) is 12.1 Å². The highest BCUT2D eigenvalue weighted by Crippen LogP contribution is 2.15. The van der Waals surface area contributed by atoms with Gasteiger partial charge in [0.05, 0.1) is 6.04 Å². The zero-order chi connectivity index (χ0) is 15.2. The van der Waals surface area contributed by atoms with Crippen LogP contribution in [-0.4, -0.2) is 11.9 Å². The molecular formula is C16H16BrFN2O. The van der Waals surface area contributed by atoms with Gasteiger partial charge in [-0.25, -0.2) is 4.39 Å². The van der Waals surface area contributed by atoms with E-state index in [0.717, 1.165) is 10.0 Å². The molecule has 2 aromatic carbocycles. The van der Waals surface area contributed by atoms with Crippen LogP contribution in [-0.2, 0) is 17.8 Å². The number of carbonyl (C=O) groups excluding carboxylic acids is 1. The first-order valence-electron chi connectivity index (χ1n) is 6.57. The molecule has 0 fully saturated rings. The summed E-state index contributed by atoms with van der Waals surface area (Å²) in [5.74, 6) is -0.645. The van der Waals surface area contributed by atoms with Crippen LogP contribution in [0.4, 0.5) is 4.39 Å². The predicted octanol–water partition coefficient (Wildman–Crippen LogP) is 2.77. The van der Waals surface area contributed by atoms with Crippen LogP contribution in [0.25, 0.3) is 0 Å². The maximum atomic E-state index is 13.6. The molecule has 0 aliphatic carbocycles. The van der Waals surface area contributed by atoms with E-state index in [-0.39, 0.29) is 18.3 Å². The van der Waals surface area contributed by atoms with Crippen LogP contribution in [0.15, 0.2) is 53.0 Å². The Morgan fingerprint density at radius 1 is 1.24 bits per heavy atom. The molecular weight excluding hydrogens is 335 g/mol. The molecule has 0 radical (unpaired) electrons. The zero-order valence-electron chi connectivity index (χ0n) is 11.4. The average Bonchev–Trinajstić information content (AvgIpc) is 2.49. The summed E-state index contributed by atoms with van der Waals surface area (Å²) >= 11 is 3.27. The summed E-state index contributed by atoms with van der Waals surface area (Å²) in [7, 11) is 0. The lowest BCUT2D eigenvalue weighted by molar-refractivity contribution is -0.122. The molecule has 5 heteroatoms. The molecule has 0 unspecified atom stereocenters. The van der Waals surface area contributed by atoms with Gasteiger partial charge in [0, 0.05) is 16.6 Å². The lowest BCUT2D eigenvalue weighted by atomic mass is 10.1. The van der Waals surface area contributed by atoms with Crippen LogP contribution < -0.4 is 11.1 Å². The quantitative estimate of drug-likeness (QED) is 0.870. The van der Waals surface area contributed by atoms with E-state index < -0.39 is 6.04 Å². The highest BCUT2D eigenvalue weighted by Gasteiger charge is 2.14. The van der Waals surface area contributed by atoms with Crippen molar-refractivity contribution in [3.63, 3.8) is 0 Å². The van der Waals surface area contributed by atoms with Gasteiger partial charge in [0.15, 0.2) is 0 Å². The lowest BCUT2D eigenvalue weighted by Crippen LogP contribution is -2.41. The second-order valence-electron chi connectivity index (χ2n) is 4.75. The Hall–Kier alpha value is -1.72. The Morgan fingerprint density at radius 3 is 2.67 bits per heavy atom. The summed E-state index contributed by atoms with van der Waals surface area (Å²) < 4.78 is 14.3. The second kappa shape index (κ2) is 7.33. The molecule has 0 heterocycles. The van der Waals surface area contributed by atoms with Crippen LogP contribution in [0.1, 0.15) is 11.1 Å². The van der Waals surface area contributed by atoms with E-state index in [4.69, 9.17) is 5.73 Å². The third-order valence-corrected chi connectivity index (χ3v) is 3.59. The Labute approximate surface area is 131 Å². The molecule has 110 valence electrons. The molecule has 2 rings (SSSR count). The van der Waals surface area contributed by atoms with E-state index in [1.807, 2.05) is 30.3 Å². The molecule has 3 nitrogen and oxygen atoms in total. The predicted molar refractivity (Wildman–Crippen MR) is 84.1 cm³/mol. The zero-order valence-corrected chi connectivity index (χ0v) is 12.9. The maximum Gasteiger partial charge on any atom is 0.237 e. The first kappa shape index (κ1) is 15.7. The molecule has 0 bridgehead atoms. The molecule has 21 heavy (non-hydrogen) atoms. The first-order valence-corrected chi connectivity index (χ1v) is 7.36. The van der Waals surface area contributed by atoms with Crippen molar-refractivity contribution in [2.75, 3.05) is 0 Å². The minimum Gasteiger partial charge on any atom is -0.351 e. The Balaban J connectivity index is 1.91. The van der Waals surface area contributed by atoms with Crippen LogP contribution in [0.5, 0.6) is 0 Å². The number of benzene rings is 2. The number of nitrogens with two attached hydrogens (primary N) is 1. The summed E-state index contributed by atoms with van der Waals surface area (Å²) in [5.41, 5.74) is 7.28. The lowest BCUT2D eigenvalue weighted by Gasteiger charge is -2.13. The third-order valence-electron chi connectivity index (χ3n) is 3.10. The van der Waals surface area contributed by atoms with E-state index in [0.29, 0.717) is 12.0 Å². The van der Waals surface area contributed by atoms with Gasteiger partial charge in [-0.05, 0) is 30.2 Å². The molecule has 0 aliphatic heterocycles. The molecule has 2 aromatic rings. The molecule has 0 saturated heterocycles. The van der Waals surface area contributed by atoms with Crippen molar-refractivity contribution in [2.24, 2.45) is 5.73 Å². The SMILES string of the molecule is N[C@@H](Cc1ccccc1)C(=O)NCc1cc(Br)ccc1F. The number of hydrogen-bond donors (Lipinski definition) is 2. The highest BCUT2D eigenvalue weighted by atomic mass is 79.9. The van der Waals surface area contributed by atoms with Crippen molar-refractivity contribution in [3.8, 4) is 0 Å². The fourth-order valence-electron chi connectivity index (χ4n) is 1.95. The van der Waals surface area contributed by atoms with Crippen molar-refractivity contribution >= 4 is 21.8 Å². The van der Waals surface area contributed by atoms with Crippen molar-refractivity contribution in [2.45, 2.75) is 19.0 Å². The van der Waals surface area contributed by atoms with Gasteiger partial charge in [0.25, 0.3) is 0 Å². The molecule has 0 spiro atoms. The number of rotatable bonds is 5. The van der Waals surface area contributed by atoms with Crippen molar-refractivity contribution in [3.05, 3.63) is 69.9 Å². The summed E-state index contributed by atoms with van der Waals surface area (Å²) in [6.07, 6.45) is 0.452. The van der Waals surface area contributed by atoms with Gasteiger partial charge in [-0.2, -0.15) is 0 Å². The number of hydrogen-bond acceptors (Lipinski definition) is 2. The van der Waals surface area contributed by atoms with E-state index >= 15 is 0 Å². The van der Waals surface area contributed by atoms with Crippen LogP contribution in [0, 0.1) is 5.82 Å². The number of carbonyl (C=O) groups is 1. The second-order valence-corrected chi connectivity index (χ2v) is 5.67. The summed E-state index contributed by atoms with van der Waals surface area (Å²) in [5, 5.41) is 2.66. The van der Waals surface area contributed by atoms with Crippen LogP contribution in [0.3, 0.4) is 0 Å². The smallest absolute Gasteiger partial charge is 0.237 e. The van der Waals surface area contributed by atoms with Gasteiger partial charge in [-0.1, -0.05) is 46.3 Å². The van der Waals surface area contributed by atoms with Crippen LogP contribution in [0.2, 0.25) is 0 Å². The Morgan fingerprint density at radius 2 is 1.95 bits per heavy atom. The van der Waals surface area contributed by atoms with Crippen molar-refractivity contribution < 1.29 is 9.18 Å². The topological polar surface area (TPSA) is 55.1 Å². The standard InChI is InChI=1S/C16H16BrFN2O/c17-13-6-7-14(18)12(9-13)10-20-16(21)15(19)8-11-4-2-1-3-5-11/h1-7,9,15H,8,10,19H2,(H,20,21)/t15-/m0/s1. The molecule has 0 aromatic heterocycles. The molecule has 3 N–H and O–H groups in total. The number of halogens is 2. The fraction of sp³-hybridized carbons (Fsp3) is 0.188. The van der Waals surface area contributed by atoms with Gasteiger partial charge in [0.2, 0.25) is 5.91 Å². The molecule has 0 saturated carbocycles. The Bertz CT molecular complexity index is 619. The molecule has 0 aliphatic rings. The van der Waals surface area contributed by atoms with E-state index in [1.165, 1.54) is 6.07 Å². The van der Waals surface area contributed by atoms with E-state index in [9.17, 15) is 9.18 Å². The molecule has 1 atom stereocenters. The van der Waals surface area contributed by atoms with Gasteiger partial charge in [0.1, 0.15) is 5.82 Å². The van der Waals surface area contributed by atoms with Crippen LogP contribution >= 0.6 is 15.9 Å². The van der Waals surface area contributed by atoms with Gasteiger partial charge in [-0.15, -0.1) is 0 Å². The number of nitrogens with one attached hydrogen (secondary N) is 1. The monoisotopic (exact) mass is 350 g/mol. The summed E-state index contributed by atoms with van der Waals surface area (Å²) in [4.78, 5) is 11.9. The molecule has 1 amide bonds. The average molecular weight is 351 g/mol. The van der Waals surface area contributed by atoms with Gasteiger partial charge in [-0.3, -0.25) is 4.79 Å². The van der Waals surface area contributed by atoms with Crippen molar-refractivity contribution in [1.29, 1.82) is 0 Å². The van der Waals surface area contributed by atoms with Crippen molar-refractivity contribution in [1.82, 2.24) is 5.32 Å². The Kier molecular flexibility index (Phi) is 5.47. The van der Waals surface area contributed by atoms with E-state index in [2.05, 4.69) is 21.2 Å². The summed E-state index contributed by atoms with van der Waals surface area (Å²) in [6, 6.07) is 13.5. The van der Waals surface area contributed by atoms with Gasteiger partial charge >= 0.3 is 0 Å². The normalized spacial score (nSPS) is 12.0. The first-order chi connectivity index (χ1) is 10.1. The maximum absolute atomic E-state index is 13.6.